The largest absolute Gasteiger partial charge is 0.481 e. The molecule has 0 aromatic carbocycles. The van der Waals surface area contributed by atoms with Gasteiger partial charge in [0.15, 0.2) is 0 Å². The van der Waals surface area contributed by atoms with Crippen molar-refractivity contribution >= 4 is 5.97 Å². The van der Waals surface area contributed by atoms with Crippen molar-refractivity contribution in [2.24, 2.45) is 5.41 Å². The third-order valence-electron chi connectivity index (χ3n) is 2.83. The first-order valence-electron chi connectivity index (χ1n) is 4.47. The second-order valence-corrected chi connectivity index (χ2v) is 4.03. The fourth-order valence-corrected chi connectivity index (χ4v) is 1.56. The highest BCUT2D eigenvalue weighted by Crippen LogP contribution is 2.31. The van der Waals surface area contributed by atoms with Crippen molar-refractivity contribution < 1.29 is 9.90 Å². The maximum atomic E-state index is 10.7. The molecule has 12 heavy (non-hydrogen) atoms. The van der Waals surface area contributed by atoms with Crippen molar-refractivity contribution in [2.75, 3.05) is 13.1 Å². The molecule has 0 saturated carbocycles. The number of nitrogens with zero attached hydrogens (tertiary/aromatic N) is 1. The predicted octanol–water partition coefficient (Wildman–Crippen LogP) is 1.19. The smallest absolute Gasteiger partial charge is 0.311 e. The third kappa shape index (κ3) is 1.46. The first kappa shape index (κ1) is 9.52. The van der Waals surface area contributed by atoms with Crippen LogP contribution in [0, 0.1) is 5.41 Å². The van der Waals surface area contributed by atoms with Crippen molar-refractivity contribution in [2.45, 2.75) is 33.2 Å². The van der Waals surface area contributed by atoms with Gasteiger partial charge in [-0.2, -0.15) is 0 Å². The van der Waals surface area contributed by atoms with Gasteiger partial charge in [-0.1, -0.05) is 6.92 Å². The Morgan fingerprint density at radius 1 is 1.67 bits per heavy atom. The van der Waals surface area contributed by atoms with Crippen molar-refractivity contribution in [1.82, 2.24) is 4.90 Å². The van der Waals surface area contributed by atoms with Gasteiger partial charge in [0, 0.05) is 19.1 Å². The Kier molecular flexibility index (Phi) is 2.42. The van der Waals surface area contributed by atoms with Crippen LogP contribution >= 0.6 is 0 Å². The van der Waals surface area contributed by atoms with Crippen LogP contribution in [0.2, 0.25) is 0 Å². The van der Waals surface area contributed by atoms with Gasteiger partial charge >= 0.3 is 5.97 Å². The van der Waals surface area contributed by atoms with Gasteiger partial charge in [-0.3, -0.25) is 9.69 Å². The molecule has 3 heteroatoms. The van der Waals surface area contributed by atoms with Crippen LogP contribution in [0.25, 0.3) is 0 Å². The van der Waals surface area contributed by atoms with Gasteiger partial charge in [0.1, 0.15) is 0 Å². The summed E-state index contributed by atoms with van der Waals surface area (Å²) >= 11 is 0. The summed E-state index contributed by atoms with van der Waals surface area (Å²) < 4.78 is 0. The Labute approximate surface area is 73.4 Å². The van der Waals surface area contributed by atoms with E-state index >= 15 is 0 Å². The fourth-order valence-electron chi connectivity index (χ4n) is 1.56. The molecule has 1 heterocycles. The zero-order valence-corrected chi connectivity index (χ0v) is 8.00. The van der Waals surface area contributed by atoms with Crippen LogP contribution in [0.15, 0.2) is 0 Å². The minimum atomic E-state index is -0.665. The SMILES string of the molecule is CCC(C)N1CC(C)(C(=O)O)C1. The Balaban J connectivity index is 2.41. The second kappa shape index (κ2) is 3.05. The van der Waals surface area contributed by atoms with Crippen molar-refractivity contribution in [3.63, 3.8) is 0 Å². The van der Waals surface area contributed by atoms with Gasteiger partial charge in [0.2, 0.25) is 0 Å². The molecular formula is C9H17NO2. The van der Waals surface area contributed by atoms with E-state index in [4.69, 9.17) is 5.11 Å². The number of carboxylic acid groups (broad SMARTS) is 1. The molecule has 1 N–H and O–H groups in total. The Morgan fingerprint density at radius 2 is 2.17 bits per heavy atom. The summed E-state index contributed by atoms with van der Waals surface area (Å²) in [6, 6.07) is 0.525. The summed E-state index contributed by atoms with van der Waals surface area (Å²) in [5.41, 5.74) is -0.483. The van der Waals surface area contributed by atoms with Crippen LogP contribution in [-0.4, -0.2) is 35.1 Å². The van der Waals surface area contributed by atoms with Crippen LogP contribution in [0.3, 0.4) is 0 Å². The van der Waals surface area contributed by atoms with Crippen LogP contribution in [0.5, 0.6) is 0 Å². The van der Waals surface area contributed by atoms with Crippen LogP contribution in [0.1, 0.15) is 27.2 Å². The molecular weight excluding hydrogens is 154 g/mol. The lowest BCUT2D eigenvalue weighted by molar-refractivity contribution is -0.160. The van der Waals surface area contributed by atoms with Crippen LogP contribution in [0.4, 0.5) is 0 Å². The fraction of sp³-hybridized carbons (Fsp3) is 0.889. The van der Waals surface area contributed by atoms with E-state index in [2.05, 4.69) is 18.7 Å². The zero-order chi connectivity index (χ0) is 9.35. The molecule has 1 aliphatic rings. The minimum Gasteiger partial charge on any atom is -0.481 e. The lowest BCUT2D eigenvalue weighted by Gasteiger charge is -2.48. The van der Waals surface area contributed by atoms with Gasteiger partial charge in [-0.15, -0.1) is 0 Å². The molecule has 0 radical (unpaired) electrons. The van der Waals surface area contributed by atoms with E-state index in [9.17, 15) is 4.79 Å². The van der Waals surface area contributed by atoms with E-state index in [0.29, 0.717) is 19.1 Å². The number of likely N-dealkylation sites (tertiary alicyclic amines) is 1. The lowest BCUT2D eigenvalue weighted by atomic mass is 9.81. The quantitative estimate of drug-likeness (QED) is 0.693. The summed E-state index contributed by atoms with van der Waals surface area (Å²) in [5, 5.41) is 8.84. The third-order valence-corrected chi connectivity index (χ3v) is 2.83. The normalized spacial score (nSPS) is 24.6. The van der Waals surface area contributed by atoms with Crippen molar-refractivity contribution in [3.05, 3.63) is 0 Å². The summed E-state index contributed by atoms with van der Waals surface area (Å²) in [6.45, 7) is 7.49. The summed E-state index contributed by atoms with van der Waals surface area (Å²) in [7, 11) is 0. The van der Waals surface area contributed by atoms with Crippen molar-refractivity contribution in [1.29, 1.82) is 0 Å². The number of carboxylic acids is 1. The average Bonchev–Trinajstić information content (AvgIpc) is 1.96. The molecule has 0 aromatic heterocycles. The molecule has 1 saturated heterocycles. The molecule has 0 aromatic rings. The molecule has 70 valence electrons. The molecule has 1 atom stereocenters. The maximum Gasteiger partial charge on any atom is 0.311 e. The monoisotopic (exact) mass is 171 g/mol. The highest BCUT2D eigenvalue weighted by atomic mass is 16.4. The summed E-state index contributed by atoms with van der Waals surface area (Å²) in [4.78, 5) is 12.9. The van der Waals surface area contributed by atoms with Gasteiger partial charge in [-0.25, -0.2) is 0 Å². The Hall–Kier alpha value is -0.570. The van der Waals surface area contributed by atoms with Gasteiger partial charge in [0.25, 0.3) is 0 Å². The number of aliphatic carboxylic acids is 1. The minimum absolute atomic E-state index is 0.483. The molecule has 0 spiro atoms. The maximum absolute atomic E-state index is 10.7. The van der Waals surface area contributed by atoms with E-state index < -0.39 is 11.4 Å². The first-order chi connectivity index (χ1) is 5.49. The molecule has 1 unspecified atom stereocenters. The highest BCUT2D eigenvalue weighted by Gasteiger charge is 2.46. The van der Waals surface area contributed by atoms with E-state index in [-0.39, 0.29) is 0 Å². The number of rotatable bonds is 3. The molecule has 0 bridgehead atoms. The van der Waals surface area contributed by atoms with E-state index in [0.717, 1.165) is 6.42 Å². The van der Waals surface area contributed by atoms with Crippen molar-refractivity contribution in [3.8, 4) is 0 Å². The first-order valence-corrected chi connectivity index (χ1v) is 4.47. The average molecular weight is 171 g/mol. The number of hydrogen-bond acceptors (Lipinski definition) is 2. The summed E-state index contributed by atoms with van der Waals surface area (Å²) in [5.74, 6) is -0.665. The van der Waals surface area contributed by atoms with Crippen LogP contribution < -0.4 is 0 Å². The van der Waals surface area contributed by atoms with E-state index in [1.54, 1.807) is 0 Å². The van der Waals surface area contributed by atoms with Gasteiger partial charge < -0.3 is 5.11 Å². The predicted molar refractivity (Wildman–Crippen MR) is 47.1 cm³/mol. The van der Waals surface area contributed by atoms with E-state index in [1.165, 1.54) is 0 Å². The standard InChI is InChI=1S/C9H17NO2/c1-4-7(2)10-5-9(3,6-10)8(11)12/h7H,4-6H2,1-3H3,(H,11,12). The number of hydrogen-bond donors (Lipinski definition) is 1. The molecule has 1 fully saturated rings. The topological polar surface area (TPSA) is 40.5 Å². The summed E-state index contributed by atoms with van der Waals surface area (Å²) in [6.07, 6.45) is 1.09. The molecule has 0 aliphatic carbocycles. The molecule has 3 nitrogen and oxygen atoms in total. The van der Waals surface area contributed by atoms with Gasteiger partial charge in [-0.05, 0) is 20.3 Å². The van der Waals surface area contributed by atoms with Gasteiger partial charge in [0.05, 0.1) is 5.41 Å². The molecule has 1 aliphatic heterocycles. The molecule has 1 rings (SSSR count). The number of carbonyl (C=O) groups is 1. The Morgan fingerprint density at radius 3 is 2.50 bits per heavy atom. The highest BCUT2D eigenvalue weighted by molar-refractivity contribution is 5.76. The Bertz CT molecular complexity index is 185. The molecule has 0 amide bonds. The second-order valence-electron chi connectivity index (χ2n) is 4.03. The van der Waals surface area contributed by atoms with E-state index in [1.807, 2.05) is 6.92 Å². The zero-order valence-electron chi connectivity index (χ0n) is 8.00. The van der Waals surface area contributed by atoms with Crippen LogP contribution in [-0.2, 0) is 4.79 Å². The lowest BCUT2D eigenvalue weighted by Crippen LogP contribution is -2.61.